The van der Waals surface area contributed by atoms with Gasteiger partial charge in [0.05, 0.1) is 6.61 Å². The smallest absolute Gasteiger partial charge is 0.232 e. The first kappa shape index (κ1) is 16.4. The molecular weight excluding hydrogens is 298 g/mol. The number of hydrogen-bond donors (Lipinski definition) is 2. The predicted molar refractivity (Wildman–Crippen MR) is 87.4 cm³/mol. The molecule has 0 fully saturated rings. The first-order valence-electron chi connectivity index (χ1n) is 7.01. The Balaban J connectivity index is 1.77. The van der Waals surface area contributed by atoms with Crippen molar-refractivity contribution in [1.82, 2.24) is 5.32 Å². The fourth-order valence-electron chi connectivity index (χ4n) is 1.97. The molecule has 1 atom stereocenters. The molecule has 22 heavy (non-hydrogen) atoms. The van der Waals surface area contributed by atoms with Gasteiger partial charge in [-0.15, -0.1) is 0 Å². The zero-order chi connectivity index (χ0) is 15.8. The van der Waals surface area contributed by atoms with Crippen molar-refractivity contribution in [2.75, 3.05) is 5.75 Å². The van der Waals surface area contributed by atoms with E-state index in [0.29, 0.717) is 12.3 Å². The lowest BCUT2D eigenvalue weighted by molar-refractivity contribution is -0.118. The van der Waals surface area contributed by atoms with Gasteiger partial charge in [-0.2, -0.15) is 0 Å². The van der Waals surface area contributed by atoms with E-state index in [1.807, 2.05) is 42.5 Å². The van der Waals surface area contributed by atoms with Gasteiger partial charge in [-0.3, -0.25) is 9.00 Å². The molecule has 1 unspecified atom stereocenters. The minimum atomic E-state index is -1.24. The van der Waals surface area contributed by atoms with Crippen molar-refractivity contribution in [3.63, 3.8) is 0 Å². The van der Waals surface area contributed by atoms with E-state index in [9.17, 15) is 9.00 Å². The van der Waals surface area contributed by atoms with Crippen LogP contribution in [0.25, 0.3) is 0 Å². The Bertz CT molecular complexity index is 626. The first-order valence-corrected chi connectivity index (χ1v) is 8.50. The zero-order valence-electron chi connectivity index (χ0n) is 12.2. The lowest BCUT2D eigenvalue weighted by atomic mass is 10.2. The second kappa shape index (κ2) is 8.46. The molecule has 0 aromatic heterocycles. The lowest BCUT2D eigenvalue weighted by Crippen LogP contribution is -2.28. The molecule has 0 aliphatic carbocycles. The summed E-state index contributed by atoms with van der Waals surface area (Å²) in [4.78, 5) is 11.8. The standard InChI is InChI=1S/C17H19NO3S/c19-11-15-6-8-16(9-7-15)12-22(21)13-17(20)18-10-14-4-2-1-3-5-14/h1-9,19H,10-13H2,(H,18,20). The monoisotopic (exact) mass is 317 g/mol. The van der Waals surface area contributed by atoms with Gasteiger partial charge in [0.25, 0.3) is 0 Å². The summed E-state index contributed by atoms with van der Waals surface area (Å²) in [7, 11) is -1.24. The third kappa shape index (κ3) is 5.42. The summed E-state index contributed by atoms with van der Waals surface area (Å²) in [6, 6.07) is 16.8. The van der Waals surface area contributed by atoms with E-state index in [1.54, 1.807) is 12.1 Å². The molecule has 5 heteroatoms. The van der Waals surface area contributed by atoms with E-state index in [4.69, 9.17) is 5.11 Å². The number of amides is 1. The summed E-state index contributed by atoms with van der Waals surface area (Å²) >= 11 is 0. The van der Waals surface area contributed by atoms with Crippen LogP contribution >= 0.6 is 0 Å². The zero-order valence-corrected chi connectivity index (χ0v) is 13.0. The van der Waals surface area contributed by atoms with Crippen LogP contribution in [0.3, 0.4) is 0 Å². The van der Waals surface area contributed by atoms with Crippen LogP contribution < -0.4 is 5.32 Å². The quantitative estimate of drug-likeness (QED) is 0.817. The van der Waals surface area contributed by atoms with Crippen LogP contribution in [0.15, 0.2) is 54.6 Å². The Morgan fingerprint density at radius 2 is 1.59 bits per heavy atom. The summed E-state index contributed by atoms with van der Waals surface area (Å²) in [6.45, 7) is 0.438. The Hall–Kier alpha value is -1.98. The van der Waals surface area contributed by atoms with Crippen LogP contribution in [0.4, 0.5) is 0 Å². The first-order chi connectivity index (χ1) is 10.7. The third-order valence-corrected chi connectivity index (χ3v) is 4.40. The molecule has 2 aromatic rings. The van der Waals surface area contributed by atoms with Gasteiger partial charge in [-0.05, 0) is 16.7 Å². The van der Waals surface area contributed by atoms with Crippen LogP contribution in [-0.2, 0) is 34.5 Å². The molecule has 0 saturated carbocycles. The van der Waals surface area contributed by atoms with Crippen molar-refractivity contribution in [1.29, 1.82) is 0 Å². The van der Waals surface area contributed by atoms with Gasteiger partial charge >= 0.3 is 0 Å². The van der Waals surface area contributed by atoms with Gasteiger partial charge < -0.3 is 10.4 Å². The summed E-state index contributed by atoms with van der Waals surface area (Å²) in [5.74, 6) is 0.119. The molecule has 0 bridgehead atoms. The number of nitrogens with one attached hydrogen (secondary N) is 1. The van der Waals surface area contributed by atoms with E-state index >= 15 is 0 Å². The summed E-state index contributed by atoms with van der Waals surface area (Å²) in [5.41, 5.74) is 2.72. The Labute approximate surface area is 132 Å². The van der Waals surface area contributed by atoms with Crippen molar-refractivity contribution in [2.45, 2.75) is 18.9 Å². The highest BCUT2D eigenvalue weighted by molar-refractivity contribution is 7.84. The Morgan fingerprint density at radius 3 is 2.23 bits per heavy atom. The maximum Gasteiger partial charge on any atom is 0.232 e. The summed E-state index contributed by atoms with van der Waals surface area (Å²) < 4.78 is 12.0. The summed E-state index contributed by atoms with van der Waals surface area (Å²) in [6.07, 6.45) is 0. The van der Waals surface area contributed by atoms with Crippen LogP contribution in [0, 0.1) is 0 Å². The highest BCUT2D eigenvalue weighted by Gasteiger charge is 2.08. The highest BCUT2D eigenvalue weighted by atomic mass is 32.2. The molecule has 116 valence electrons. The third-order valence-electron chi connectivity index (χ3n) is 3.16. The molecule has 2 rings (SSSR count). The molecule has 0 aliphatic heterocycles. The molecule has 0 radical (unpaired) electrons. The topological polar surface area (TPSA) is 66.4 Å². The number of benzene rings is 2. The van der Waals surface area contributed by atoms with E-state index in [-0.39, 0.29) is 18.3 Å². The van der Waals surface area contributed by atoms with E-state index in [0.717, 1.165) is 16.7 Å². The predicted octanol–water partition coefficient (Wildman–Crippen LogP) is 1.74. The van der Waals surface area contributed by atoms with Crippen molar-refractivity contribution >= 4 is 16.7 Å². The number of rotatable bonds is 7. The number of hydrogen-bond acceptors (Lipinski definition) is 3. The molecule has 2 N–H and O–H groups in total. The van der Waals surface area contributed by atoms with Crippen LogP contribution in [-0.4, -0.2) is 21.0 Å². The molecular formula is C17H19NO3S. The van der Waals surface area contributed by atoms with Crippen LogP contribution in [0.5, 0.6) is 0 Å². The average molecular weight is 317 g/mol. The summed E-state index contributed by atoms with van der Waals surface area (Å²) in [5, 5.41) is 11.7. The van der Waals surface area contributed by atoms with Crippen LogP contribution in [0.1, 0.15) is 16.7 Å². The molecule has 0 saturated heterocycles. The maximum absolute atomic E-state index is 12.0. The Kier molecular flexibility index (Phi) is 6.30. The van der Waals surface area contributed by atoms with Crippen molar-refractivity contribution in [3.8, 4) is 0 Å². The number of aliphatic hydroxyl groups is 1. The second-order valence-corrected chi connectivity index (χ2v) is 6.42. The van der Waals surface area contributed by atoms with E-state index in [2.05, 4.69) is 5.32 Å². The number of aliphatic hydroxyl groups excluding tert-OH is 1. The van der Waals surface area contributed by atoms with E-state index in [1.165, 1.54) is 0 Å². The Morgan fingerprint density at radius 1 is 0.955 bits per heavy atom. The average Bonchev–Trinajstić information content (AvgIpc) is 2.54. The fraction of sp³-hybridized carbons (Fsp3) is 0.235. The van der Waals surface area contributed by atoms with Crippen molar-refractivity contribution in [3.05, 3.63) is 71.3 Å². The largest absolute Gasteiger partial charge is 0.392 e. The van der Waals surface area contributed by atoms with Crippen molar-refractivity contribution < 1.29 is 14.1 Å². The molecule has 0 spiro atoms. The van der Waals surface area contributed by atoms with Gasteiger partial charge in [0.15, 0.2) is 0 Å². The van der Waals surface area contributed by atoms with Crippen LogP contribution in [0.2, 0.25) is 0 Å². The number of carbonyl (C=O) groups excluding carboxylic acids is 1. The minimum absolute atomic E-state index is 0.00537. The molecule has 2 aromatic carbocycles. The lowest BCUT2D eigenvalue weighted by Gasteiger charge is -2.06. The maximum atomic E-state index is 12.0. The van der Waals surface area contributed by atoms with Gasteiger partial charge in [-0.1, -0.05) is 54.6 Å². The SMILES string of the molecule is O=C(CS(=O)Cc1ccc(CO)cc1)NCc1ccccc1. The fourth-order valence-corrected chi connectivity index (χ4v) is 3.03. The molecule has 4 nitrogen and oxygen atoms in total. The molecule has 1 amide bonds. The van der Waals surface area contributed by atoms with Gasteiger partial charge in [-0.25, -0.2) is 0 Å². The van der Waals surface area contributed by atoms with E-state index < -0.39 is 10.8 Å². The van der Waals surface area contributed by atoms with Crippen molar-refractivity contribution in [2.24, 2.45) is 0 Å². The number of carbonyl (C=O) groups is 1. The van der Waals surface area contributed by atoms with Gasteiger partial charge in [0.2, 0.25) is 5.91 Å². The highest BCUT2D eigenvalue weighted by Crippen LogP contribution is 2.07. The van der Waals surface area contributed by atoms with Gasteiger partial charge in [0, 0.05) is 23.1 Å². The minimum Gasteiger partial charge on any atom is -0.392 e. The molecule has 0 aliphatic rings. The molecule has 0 heterocycles. The second-order valence-electron chi connectivity index (χ2n) is 4.97. The van der Waals surface area contributed by atoms with Gasteiger partial charge in [0.1, 0.15) is 5.75 Å². The normalized spacial score (nSPS) is 11.9.